The van der Waals surface area contributed by atoms with Gasteiger partial charge in [-0.2, -0.15) is 0 Å². The molecule has 0 radical (unpaired) electrons. The van der Waals surface area contributed by atoms with E-state index in [1.165, 1.54) is 5.56 Å². The molecule has 1 saturated heterocycles. The Bertz CT molecular complexity index is 792. The highest BCUT2D eigenvalue weighted by Crippen LogP contribution is 2.19. The molecular formula is C18H23N3O3. The minimum Gasteiger partial charge on any atom is -0.446 e. The molecule has 1 aromatic carbocycles. The number of para-hydroxylation sites is 1. The van der Waals surface area contributed by atoms with E-state index in [0.717, 1.165) is 49.8 Å². The van der Waals surface area contributed by atoms with E-state index in [1.807, 2.05) is 25.2 Å². The van der Waals surface area contributed by atoms with Crippen molar-refractivity contribution in [2.45, 2.75) is 25.4 Å². The molecule has 6 heteroatoms. The molecule has 1 aromatic heterocycles. The van der Waals surface area contributed by atoms with Crippen LogP contribution in [0.25, 0.3) is 10.9 Å². The predicted molar refractivity (Wildman–Crippen MR) is 93.0 cm³/mol. The number of fused-ring (bicyclic) bond motifs is 1. The first-order valence-electron chi connectivity index (χ1n) is 8.30. The molecule has 0 spiro atoms. The van der Waals surface area contributed by atoms with Crippen LogP contribution in [0.2, 0.25) is 0 Å². The van der Waals surface area contributed by atoms with E-state index in [2.05, 4.69) is 11.0 Å². The van der Waals surface area contributed by atoms with E-state index in [0.29, 0.717) is 0 Å². The number of carbonyl (C=O) groups excluding carboxylic acids is 1. The van der Waals surface area contributed by atoms with E-state index >= 15 is 0 Å². The summed E-state index contributed by atoms with van der Waals surface area (Å²) >= 11 is 0. The number of hydrogen-bond acceptors (Lipinski definition) is 4. The third-order valence-corrected chi connectivity index (χ3v) is 4.74. The van der Waals surface area contributed by atoms with Crippen molar-refractivity contribution in [3.63, 3.8) is 0 Å². The SMILES string of the molecule is Cn1c(=O)ccc2cccc(CCN3CCC(OC(N)=O)CC3)c21. The number of rotatable bonds is 4. The maximum absolute atomic E-state index is 11.9. The van der Waals surface area contributed by atoms with Gasteiger partial charge in [0.25, 0.3) is 5.56 Å². The largest absolute Gasteiger partial charge is 0.446 e. The molecule has 128 valence electrons. The summed E-state index contributed by atoms with van der Waals surface area (Å²) in [5, 5.41) is 1.09. The first-order valence-corrected chi connectivity index (χ1v) is 8.30. The van der Waals surface area contributed by atoms with E-state index in [-0.39, 0.29) is 11.7 Å². The number of piperidine rings is 1. The average Bonchev–Trinajstić information content (AvgIpc) is 2.57. The number of primary amides is 1. The number of ether oxygens (including phenoxy) is 1. The molecule has 1 fully saturated rings. The fourth-order valence-electron chi connectivity index (χ4n) is 3.43. The number of nitrogens with zero attached hydrogens (tertiary/aromatic N) is 2. The Hall–Kier alpha value is -2.34. The minimum atomic E-state index is -0.690. The van der Waals surface area contributed by atoms with Crippen LogP contribution >= 0.6 is 0 Å². The number of amides is 1. The lowest BCUT2D eigenvalue weighted by atomic mass is 10.0. The normalized spacial score (nSPS) is 16.4. The summed E-state index contributed by atoms with van der Waals surface area (Å²) in [6.45, 7) is 2.70. The van der Waals surface area contributed by atoms with Crippen LogP contribution in [0.1, 0.15) is 18.4 Å². The lowest BCUT2D eigenvalue weighted by Gasteiger charge is -2.31. The predicted octanol–water partition coefficient (Wildman–Crippen LogP) is 1.64. The first-order chi connectivity index (χ1) is 11.5. The number of nitrogens with two attached hydrogens (primary N) is 1. The Morgan fingerprint density at radius 1 is 1.25 bits per heavy atom. The highest BCUT2D eigenvalue weighted by molar-refractivity contribution is 5.82. The number of aromatic nitrogens is 1. The van der Waals surface area contributed by atoms with Gasteiger partial charge in [-0.1, -0.05) is 18.2 Å². The maximum atomic E-state index is 11.9. The molecule has 0 saturated carbocycles. The highest BCUT2D eigenvalue weighted by Gasteiger charge is 2.21. The van der Waals surface area contributed by atoms with Crippen LogP contribution in [0.4, 0.5) is 4.79 Å². The lowest BCUT2D eigenvalue weighted by molar-refractivity contribution is 0.0567. The van der Waals surface area contributed by atoms with Gasteiger partial charge >= 0.3 is 6.09 Å². The summed E-state index contributed by atoms with van der Waals surface area (Å²) in [7, 11) is 1.82. The molecule has 1 amide bonds. The fourth-order valence-corrected chi connectivity index (χ4v) is 3.43. The zero-order valence-corrected chi connectivity index (χ0v) is 13.9. The van der Waals surface area contributed by atoms with Gasteiger partial charge in [0.2, 0.25) is 0 Å². The lowest BCUT2D eigenvalue weighted by Crippen LogP contribution is -2.39. The van der Waals surface area contributed by atoms with Crippen molar-refractivity contribution in [3.8, 4) is 0 Å². The molecule has 2 aromatic rings. The summed E-state index contributed by atoms with van der Waals surface area (Å²) in [6, 6.07) is 9.65. The number of aryl methyl sites for hydroxylation is 1. The van der Waals surface area contributed by atoms with Crippen LogP contribution in [0.5, 0.6) is 0 Å². The zero-order chi connectivity index (χ0) is 17.1. The zero-order valence-electron chi connectivity index (χ0n) is 13.9. The van der Waals surface area contributed by atoms with Crippen molar-refractivity contribution in [3.05, 3.63) is 46.2 Å². The van der Waals surface area contributed by atoms with Crippen LogP contribution < -0.4 is 11.3 Å². The monoisotopic (exact) mass is 329 g/mol. The Kier molecular flexibility index (Phi) is 4.85. The average molecular weight is 329 g/mol. The molecule has 6 nitrogen and oxygen atoms in total. The molecular weight excluding hydrogens is 306 g/mol. The van der Waals surface area contributed by atoms with Gasteiger partial charge in [0.05, 0.1) is 5.52 Å². The standard InChI is InChI=1S/C18H23N3O3/c1-20-16(22)6-5-13-3-2-4-14(17(13)20)7-10-21-11-8-15(9-12-21)24-18(19)23/h2-6,15H,7-12H2,1H3,(H2,19,23). The second-order valence-electron chi connectivity index (χ2n) is 6.31. The van der Waals surface area contributed by atoms with Crippen molar-refractivity contribution >= 4 is 17.0 Å². The van der Waals surface area contributed by atoms with E-state index in [1.54, 1.807) is 10.6 Å². The third-order valence-electron chi connectivity index (χ3n) is 4.74. The van der Waals surface area contributed by atoms with Crippen LogP contribution in [-0.4, -0.2) is 41.3 Å². The number of carbonyl (C=O) groups is 1. The second kappa shape index (κ2) is 7.05. The number of hydrogen-bond donors (Lipinski definition) is 1. The highest BCUT2D eigenvalue weighted by atomic mass is 16.6. The summed E-state index contributed by atoms with van der Waals surface area (Å²) in [6.07, 6.45) is 1.77. The number of pyridine rings is 1. The molecule has 1 aliphatic heterocycles. The van der Waals surface area contributed by atoms with Crippen LogP contribution in [0, 0.1) is 0 Å². The van der Waals surface area contributed by atoms with E-state index in [9.17, 15) is 9.59 Å². The van der Waals surface area contributed by atoms with Crippen molar-refractivity contribution < 1.29 is 9.53 Å². The molecule has 2 heterocycles. The molecule has 0 unspecified atom stereocenters. The van der Waals surface area contributed by atoms with Gasteiger partial charge in [-0.25, -0.2) is 4.79 Å². The quantitative estimate of drug-likeness (QED) is 0.925. The molecule has 0 bridgehead atoms. The van der Waals surface area contributed by atoms with Crippen LogP contribution in [0.15, 0.2) is 35.1 Å². The van der Waals surface area contributed by atoms with Gasteiger partial charge in [-0.05, 0) is 36.3 Å². The molecule has 3 rings (SSSR count). The van der Waals surface area contributed by atoms with Gasteiger partial charge in [0, 0.05) is 32.7 Å². The molecule has 2 N–H and O–H groups in total. The third kappa shape index (κ3) is 3.59. The fraction of sp³-hybridized carbons (Fsp3) is 0.444. The Morgan fingerprint density at radius 3 is 2.71 bits per heavy atom. The van der Waals surface area contributed by atoms with Crippen LogP contribution in [-0.2, 0) is 18.2 Å². The van der Waals surface area contributed by atoms with Crippen molar-refractivity contribution in [2.24, 2.45) is 12.8 Å². The van der Waals surface area contributed by atoms with Gasteiger partial charge in [-0.3, -0.25) is 4.79 Å². The molecule has 0 aliphatic carbocycles. The number of benzene rings is 1. The first kappa shape index (κ1) is 16.5. The van der Waals surface area contributed by atoms with Gasteiger partial charge in [-0.15, -0.1) is 0 Å². The molecule has 0 atom stereocenters. The summed E-state index contributed by atoms with van der Waals surface area (Å²) < 4.78 is 6.78. The van der Waals surface area contributed by atoms with Crippen molar-refractivity contribution in [1.82, 2.24) is 9.47 Å². The summed E-state index contributed by atoms with van der Waals surface area (Å²) in [5.74, 6) is 0. The van der Waals surface area contributed by atoms with Gasteiger partial charge in [0.15, 0.2) is 0 Å². The van der Waals surface area contributed by atoms with E-state index < -0.39 is 6.09 Å². The van der Waals surface area contributed by atoms with Crippen molar-refractivity contribution in [1.29, 1.82) is 0 Å². The van der Waals surface area contributed by atoms with E-state index in [4.69, 9.17) is 10.5 Å². The maximum Gasteiger partial charge on any atom is 0.404 e. The van der Waals surface area contributed by atoms with Gasteiger partial charge in [0.1, 0.15) is 6.10 Å². The Morgan fingerprint density at radius 2 is 2.00 bits per heavy atom. The van der Waals surface area contributed by atoms with Crippen molar-refractivity contribution in [2.75, 3.05) is 19.6 Å². The topological polar surface area (TPSA) is 77.6 Å². The smallest absolute Gasteiger partial charge is 0.404 e. The Balaban J connectivity index is 1.66. The minimum absolute atomic E-state index is 0.0133. The summed E-state index contributed by atoms with van der Waals surface area (Å²) in [5.41, 5.74) is 7.28. The Labute approximate surface area is 140 Å². The molecule has 1 aliphatic rings. The van der Waals surface area contributed by atoms with Gasteiger partial charge < -0.3 is 19.9 Å². The second-order valence-corrected chi connectivity index (χ2v) is 6.31. The molecule has 24 heavy (non-hydrogen) atoms. The number of likely N-dealkylation sites (tertiary alicyclic amines) is 1. The van der Waals surface area contributed by atoms with Crippen LogP contribution in [0.3, 0.4) is 0 Å². The summed E-state index contributed by atoms with van der Waals surface area (Å²) in [4.78, 5) is 25.1.